The van der Waals surface area contributed by atoms with Gasteiger partial charge in [-0.2, -0.15) is 4.98 Å². The highest BCUT2D eigenvalue weighted by Gasteiger charge is 2.03. The molecule has 0 aromatic carbocycles. The van der Waals surface area contributed by atoms with Crippen LogP contribution >= 0.6 is 11.6 Å². The van der Waals surface area contributed by atoms with Crippen LogP contribution in [0, 0.1) is 6.92 Å². The van der Waals surface area contributed by atoms with Crippen LogP contribution in [0.1, 0.15) is 23.7 Å². The monoisotopic (exact) mass is 336 g/mol. The molecular formula is C15H21ClN6O. The van der Waals surface area contributed by atoms with Crippen LogP contribution in [0.25, 0.3) is 0 Å². The molecule has 0 bridgehead atoms. The first-order valence-electron chi connectivity index (χ1n) is 7.51. The summed E-state index contributed by atoms with van der Waals surface area (Å²) >= 11 is 5.76. The van der Waals surface area contributed by atoms with Crippen LogP contribution in [-0.4, -0.2) is 41.2 Å². The van der Waals surface area contributed by atoms with Crippen LogP contribution in [0.2, 0.25) is 5.15 Å². The summed E-state index contributed by atoms with van der Waals surface area (Å²) in [5.41, 5.74) is 1.13. The number of nitrogens with zero attached hydrogens (tertiary/aromatic N) is 4. The number of pyridine rings is 1. The minimum Gasteiger partial charge on any atom is -0.356 e. The number of nitrogens with one attached hydrogen (secondary N) is 2. The molecule has 0 aliphatic heterocycles. The van der Waals surface area contributed by atoms with E-state index in [1.807, 2.05) is 13.0 Å². The zero-order valence-corrected chi connectivity index (χ0v) is 14.1. The number of aliphatic imine (C=N–C) groups is 1. The first kappa shape index (κ1) is 17.2. The third kappa shape index (κ3) is 6.23. The van der Waals surface area contributed by atoms with Crippen molar-refractivity contribution in [3.63, 3.8) is 0 Å². The second-order valence-corrected chi connectivity index (χ2v) is 5.39. The number of hydrogen-bond acceptors (Lipinski definition) is 5. The van der Waals surface area contributed by atoms with Gasteiger partial charge in [0, 0.05) is 32.8 Å². The van der Waals surface area contributed by atoms with Gasteiger partial charge in [0.2, 0.25) is 5.89 Å². The molecule has 2 rings (SSSR count). The molecular weight excluding hydrogens is 316 g/mol. The Labute approximate surface area is 140 Å². The van der Waals surface area contributed by atoms with E-state index in [0.29, 0.717) is 16.9 Å². The van der Waals surface area contributed by atoms with E-state index in [2.05, 4.69) is 30.8 Å². The molecule has 0 aliphatic rings. The molecule has 2 heterocycles. The highest BCUT2D eigenvalue weighted by atomic mass is 35.5. The van der Waals surface area contributed by atoms with Gasteiger partial charge in [-0.05, 0) is 31.4 Å². The fourth-order valence-corrected chi connectivity index (χ4v) is 2.10. The summed E-state index contributed by atoms with van der Waals surface area (Å²) in [5.74, 6) is 2.11. The second kappa shape index (κ2) is 9.09. The minimum atomic E-state index is 0.510. The van der Waals surface area contributed by atoms with E-state index in [1.165, 1.54) is 0 Å². The van der Waals surface area contributed by atoms with Gasteiger partial charge in [0.15, 0.2) is 11.8 Å². The van der Waals surface area contributed by atoms with E-state index in [1.54, 1.807) is 19.3 Å². The fraction of sp³-hybridized carbons (Fsp3) is 0.467. The van der Waals surface area contributed by atoms with E-state index in [9.17, 15) is 0 Å². The molecule has 0 fully saturated rings. The summed E-state index contributed by atoms with van der Waals surface area (Å²) in [4.78, 5) is 12.4. The largest absolute Gasteiger partial charge is 0.356 e. The molecule has 124 valence electrons. The lowest BCUT2D eigenvalue weighted by atomic mass is 10.2. The molecule has 0 amide bonds. The molecule has 2 N–H and O–H groups in total. The molecule has 0 radical (unpaired) electrons. The smallest absolute Gasteiger partial charge is 0.226 e. The average Bonchev–Trinajstić information content (AvgIpc) is 2.97. The number of aryl methyl sites for hydroxylation is 2. The molecule has 8 heteroatoms. The van der Waals surface area contributed by atoms with E-state index < -0.39 is 0 Å². The van der Waals surface area contributed by atoms with Crippen molar-refractivity contribution >= 4 is 17.6 Å². The van der Waals surface area contributed by atoms with Crippen molar-refractivity contribution in [3.05, 3.63) is 40.8 Å². The Morgan fingerprint density at radius 1 is 1.26 bits per heavy atom. The average molecular weight is 337 g/mol. The number of halogens is 1. The van der Waals surface area contributed by atoms with Gasteiger partial charge < -0.3 is 15.2 Å². The van der Waals surface area contributed by atoms with Crippen LogP contribution in [0.15, 0.2) is 27.8 Å². The molecule has 0 saturated heterocycles. The van der Waals surface area contributed by atoms with E-state index in [4.69, 9.17) is 16.1 Å². The molecule has 0 unspecified atom stereocenters. The summed E-state index contributed by atoms with van der Waals surface area (Å²) in [6, 6.07) is 3.77. The van der Waals surface area contributed by atoms with Crippen LogP contribution in [0.4, 0.5) is 0 Å². The van der Waals surface area contributed by atoms with Crippen molar-refractivity contribution in [2.24, 2.45) is 4.99 Å². The Hall–Kier alpha value is -2.15. The number of rotatable bonds is 7. The minimum absolute atomic E-state index is 0.510. The number of hydrogen-bond donors (Lipinski definition) is 2. The van der Waals surface area contributed by atoms with Gasteiger partial charge in [-0.1, -0.05) is 22.8 Å². The number of aromatic nitrogens is 3. The SMILES string of the molecule is CN=C(NCCCc1nc(C)no1)NCCc1ccc(Cl)nc1. The molecule has 0 spiro atoms. The van der Waals surface area contributed by atoms with E-state index >= 15 is 0 Å². The van der Waals surface area contributed by atoms with Crippen molar-refractivity contribution in [1.29, 1.82) is 0 Å². The Morgan fingerprint density at radius 2 is 2.09 bits per heavy atom. The second-order valence-electron chi connectivity index (χ2n) is 5.00. The lowest BCUT2D eigenvalue weighted by molar-refractivity contribution is 0.372. The molecule has 23 heavy (non-hydrogen) atoms. The highest BCUT2D eigenvalue weighted by molar-refractivity contribution is 6.29. The molecule has 0 aliphatic carbocycles. The first-order valence-corrected chi connectivity index (χ1v) is 7.89. The Morgan fingerprint density at radius 3 is 2.74 bits per heavy atom. The summed E-state index contributed by atoms with van der Waals surface area (Å²) in [7, 11) is 1.75. The maximum Gasteiger partial charge on any atom is 0.226 e. The third-order valence-corrected chi connectivity index (χ3v) is 3.37. The molecule has 7 nitrogen and oxygen atoms in total. The first-order chi connectivity index (χ1) is 11.2. The predicted octanol–water partition coefficient (Wildman–Crippen LogP) is 1.77. The van der Waals surface area contributed by atoms with E-state index in [0.717, 1.165) is 43.9 Å². The fourth-order valence-electron chi connectivity index (χ4n) is 1.99. The van der Waals surface area contributed by atoms with Crippen LogP contribution in [0.5, 0.6) is 0 Å². The topological polar surface area (TPSA) is 88.2 Å². The summed E-state index contributed by atoms with van der Waals surface area (Å²) in [6.07, 6.45) is 4.28. The number of guanidine groups is 1. The van der Waals surface area contributed by atoms with Gasteiger partial charge in [0.25, 0.3) is 0 Å². The van der Waals surface area contributed by atoms with Gasteiger partial charge in [0.1, 0.15) is 5.15 Å². The summed E-state index contributed by atoms with van der Waals surface area (Å²) in [5, 5.41) is 10.8. The standard InChI is InChI=1S/C15H21ClN6O/c1-11-21-14(23-22-11)4-3-8-18-15(17-2)19-9-7-12-5-6-13(16)20-10-12/h5-6,10H,3-4,7-9H2,1-2H3,(H2,17,18,19). The quantitative estimate of drug-likeness (QED) is 0.347. The Bertz CT molecular complexity index is 625. The molecule has 0 atom stereocenters. The van der Waals surface area contributed by atoms with Crippen LogP contribution < -0.4 is 10.6 Å². The van der Waals surface area contributed by atoms with Gasteiger partial charge in [-0.3, -0.25) is 4.99 Å². The van der Waals surface area contributed by atoms with Crippen molar-refractivity contribution in [3.8, 4) is 0 Å². The highest BCUT2D eigenvalue weighted by Crippen LogP contribution is 2.05. The van der Waals surface area contributed by atoms with Crippen LogP contribution in [-0.2, 0) is 12.8 Å². The van der Waals surface area contributed by atoms with Gasteiger partial charge >= 0.3 is 0 Å². The van der Waals surface area contributed by atoms with Crippen molar-refractivity contribution in [2.75, 3.05) is 20.1 Å². The summed E-state index contributed by atoms with van der Waals surface area (Å²) < 4.78 is 5.07. The predicted molar refractivity (Wildman–Crippen MR) is 89.7 cm³/mol. The summed E-state index contributed by atoms with van der Waals surface area (Å²) in [6.45, 7) is 3.36. The van der Waals surface area contributed by atoms with Gasteiger partial charge in [-0.15, -0.1) is 0 Å². The third-order valence-electron chi connectivity index (χ3n) is 3.15. The Balaban J connectivity index is 1.62. The maximum absolute atomic E-state index is 5.76. The maximum atomic E-state index is 5.76. The van der Waals surface area contributed by atoms with Gasteiger partial charge in [0.05, 0.1) is 0 Å². The van der Waals surface area contributed by atoms with Crippen molar-refractivity contribution < 1.29 is 4.52 Å². The zero-order valence-electron chi connectivity index (χ0n) is 13.3. The van der Waals surface area contributed by atoms with Crippen molar-refractivity contribution in [1.82, 2.24) is 25.8 Å². The lowest BCUT2D eigenvalue weighted by Gasteiger charge is -2.11. The molecule has 0 saturated carbocycles. The zero-order chi connectivity index (χ0) is 16.5. The van der Waals surface area contributed by atoms with E-state index in [-0.39, 0.29) is 0 Å². The lowest BCUT2D eigenvalue weighted by Crippen LogP contribution is -2.38. The van der Waals surface area contributed by atoms with Gasteiger partial charge in [-0.25, -0.2) is 4.98 Å². The molecule has 2 aromatic heterocycles. The normalized spacial score (nSPS) is 11.5. The molecule has 2 aromatic rings. The Kier molecular flexibility index (Phi) is 6.80. The van der Waals surface area contributed by atoms with Crippen molar-refractivity contribution in [2.45, 2.75) is 26.2 Å². The van der Waals surface area contributed by atoms with Crippen LogP contribution in [0.3, 0.4) is 0 Å².